The molecule has 1 rings (SSSR count). The lowest BCUT2D eigenvalue weighted by atomic mass is 10.2. The molecule has 1 aromatic rings. The van der Waals surface area contributed by atoms with Crippen LogP contribution in [0.5, 0.6) is 0 Å². The van der Waals surface area contributed by atoms with Crippen molar-refractivity contribution >= 4 is 11.5 Å². The summed E-state index contributed by atoms with van der Waals surface area (Å²) in [7, 11) is 0. The predicted molar refractivity (Wildman–Crippen MR) is 71.6 cm³/mol. The van der Waals surface area contributed by atoms with Crippen LogP contribution in [0.25, 0.3) is 0 Å². The van der Waals surface area contributed by atoms with Gasteiger partial charge < -0.3 is 15.8 Å². The summed E-state index contributed by atoms with van der Waals surface area (Å²) in [4.78, 5) is 2.33. The Bertz CT molecular complexity index is 338. The zero-order valence-electron chi connectivity index (χ0n) is 10.3. The second-order valence-corrected chi connectivity index (χ2v) is 3.96. The molecular formula is C13H21N3O. The SMILES string of the molecule is CCN(CCCC/C(N)=N/O)c1ccccc1. The first-order valence-electron chi connectivity index (χ1n) is 6.04. The third kappa shape index (κ3) is 4.76. The molecule has 0 atom stereocenters. The molecular weight excluding hydrogens is 214 g/mol. The maximum absolute atomic E-state index is 8.42. The van der Waals surface area contributed by atoms with Gasteiger partial charge in [0.15, 0.2) is 0 Å². The number of para-hydroxylation sites is 1. The maximum Gasteiger partial charge on any atom is 0.139 e. The number of hydrogen-bond acceptors (Lipinski definition) is 3. The highest BCUT2D eigenvalue weighted by molar-refractivity contribution is 5.79. The molecule has 0 fully saturated rings. The van der Waals surface area contributed by atoms with Gasteiger partial charge in [-0.1, -0.05) is 23.4 Å². The summed E-state index contributed by atoms with van der Waals surface area (Å²) in [5.74, 6) is 0.313. The van der Waals surface area contributed by atoms with Gasteiger partial charge in [-0.2, -0.15) is 0 Å². The lowest BCUT2D eigenvalue weighted by molar-refractivity contribution is 0.316. The summed E-state index contributed by atoms with van der Waals surface area (Å²) < 4.78 is 0. The zero-order valence-corrected chi connectivity index (χ0v) is 10.3. The van der Waals surface area contributed by atoms with Gasteiger partial charge in [-0.25, -0.2) is 0 Å². The molecule has 0 bridgehead atoms. The van der Waals surface area contributed by atoms with E-state index in [1.54, 1.807) is 0 Å². The molecule has 4 heteroatoms. The maximum atomic E-state index is 8.42. The van der Waals surface area contributed by atoms with Crippen molar-refractivity contribution in [2.45, 2.75) is 26.2 Å². The Morgan fingerprint density at radius 3 is 2.59 bits per heavy atom. The van der Waals surface area contributed by atoms with Crippen LogP contribution >= 0.6 is 0 Å². The van der Waals surface area contributed by atoms with E-state index in [0.29, 0.717) is 12.3 Å². The summed E-state index contributed by atoms with van der Waals surface area (Å²) in [6, 6.07) is 10.4. The standard InChI is InChI=1S/C13H21N3O/c1-2-16(12-8-4-3-5-9-12)11-7-6-10-13(14)15-17/h3-5,8-9,17H,2,6-7,10-11H2,1H3,(H2,14,15). The summed E-state index contributed by atoms with van der Waals surface area (Å²) in [5.41, 5.74) is 6.67. The van der Waals surface area contributed by atoms with E-state index in [2.05, 4.69) is 29.1 Å². The Labute approximate surface area is 103 Å². The van der Waals surface area contributed by atoms with E-state index in [-0.39, 0.29) is 0 Å². The summed E-state index contributed by atoms with van der Waals surface area (Å²) in [5, 5.41) is 11.4. The van der Waals surface area contributed by atoms with Gasteiger partial charge in [0.2, 0.25) is 0 Å². The molecule has 94 valence electrons. The van der Waals surface area contributed by atoms with Crippen molar-refractivity contribution in [2.75, 3.05) is 18.0 Å². The van der Waals surface area contributed by atoms with Gasteiger partial charge in [-0.05, 0) is 31.9 Å². The van der Waals surface area contributed by atoms with Crippen LogP contribution in [0.15, 0.2) is 35.5 Å². The van der Waals surface area contributed by atoms with E-state index >= 15 is 0 Å². The molecule has 4 nitrogen and oxygen atoms in total. The Balaban J connectivity index is 2.34. The molecule has 3 N–H and O–H groups in total. The first-order chi connectivity index (χ1) is 8.27. The van der Waals surface area contributed by atoms with Crippen molar-refractivity contribution < 1.29 is 5.21 Å². The average Bonchev–Trinajstić information content (AvgIpc) is 2.39. The van der Waals surface area contributed by atoms with Gasteiger partial charge in [0.05, 0.1) is 0 Å². The van der Waals surface area contributed by atoms with Crippen molar-refractivity contribution in [3.05, 3.63) is 30.3 Å². The largest absolute Gasteiger partial charge is 0.409 e. The first kappa shape index (κ1) is 13.4. The molecule has 0 heterocycles. The van der Waals surface area contributed by atoms with Gasteiger partial charge in [-0.15, -0.1) is 0 Å². The number of amidine groups is 1. The summed E-state index contributed by atoms with van der Waals surface area (Å²) in [6.07, 6.45) is 2.64. The smallest absolute Gasteiger partial charge is 0.139 e. The molecule has 0 aliphatic carbocycles. The molecule has 0 radical (unpaired) electrons. The van der Waals surface area contributed by atoms with Crippen LogP contribution in [0.4, 0.5) is 5.69 Å². The second-order valence-electron chi connectivity index (χ2n) is 3.96. The van der Waals surface area contributed by atoms with Crippen LogP contribution < -0.4 is 10.6 Å². The molecule has 0 saturated heterocycles. The Morgan fingerprint density at radius 1 is 1.29 bits per heavy atom. The Hall–Kier alpha value is -1.71. The number of nitrogens with two attached hydrogens (primary N) is 1. The quantitative estimate of drug-likeness (QED) is 0.251. The molecule has 0 spiro atoms. The van der Waals surface area contributed by atoms with Crippen LogP contribution in [-0.2, 0) is 0 Å². The Morgan fingerprint density at radius 2 is 2.00 bits per heavy atom. The predicted octanol–water partition coefficient (Wildman–Crippen LogP) is 2.43. The number of oxime groups is 1. The molecule has 0 aromatic heterocycles. The summed E-state index contributed by atoms with van der Waals surface area (Å²) in [6.45, 7) is 4.14. The van der Waals surface area contributed by atoms with Gasteiger partial charge in [0.1, 0.15) is 5.84 Å². The third-order valence-corrected chi connectivity index (χ3v) is 2.74. The summed E-state index contributed by atoms with van der Waals surface area (Å²) >= 11 is 0. The van der Waals surface area contributed by atoms with Crippen molar-refractivity contribution in [3.63, 3.8) is 0 Å². The number of nitrogens with zero attached hydrogens (tertiary/aromatic N) is 2. The lowest BCUT2D eigenvalue weighted by Gasteiger charge is -2.22. The van der Waals surface area contributed by atoms with Crippen molar-refractivity contribution in [2.24, 2.45) is 10.9 Å². The van der Waals surface area contributed by atoms with Gasteiger partial charge in [0, 0.05) is 25.2 Å². The topological polar surface area (TPSA) is 61.8 Å². The minimum Gasteiger partial charge on any atom is -0.409 e. The molecule has 17 heavy (non-hydrogen) atoms. The third-order valence-electron chi connectivity index (χ3n) is 2.74. The van der Waals surface area contributed by atoms with Crippen LogP contribution in [0.2, 0.25) is 0 Å². The highest BCUT2D eigenvalue weighted by atomic mass is 16.4. The van der Waals surface area contributed by atoms with Crippen molar-refractivity contribution in [3.8, 4) is 0 Å². The molecule has 0 aliphatic heterocycles. The Kier molecular flexibility index (Phi) is 5.93. The molecule has 0 amide bonds. The van der Waals surface area contributed by atoms with Crippen LogP contribution in [0.1, 0.15) is 26.2 Å². The van der Waals surface area contributed by atoms with Crippen molar-refractivity contribution in [1.29, 1.82) is 0 Å². The minimum atomic E-state index is 0.313. The van der Waals surface area contributed by atoms with Crippen molar-refractivity contribution in [1.82, 2.24) is 0 Å². The van der Waals surface area contributed by atoms with E-state index in [4.69, 9.17) is 10.9 Å². The molecule has 0 aliphatic rings. The molecule has 0 unspecified atom stereocenters. The highest BCUT2D eigenvalue weighted by Gasteiger charge is 2.03. The number of anilines is 1. The van der Waals surface area contributed by atoms with Crippen LogP contribution in [-0.4, -0.2) is 24.1 Å². The monoisotopic (exact) mass is 235 g/mol. The highest BCUT2D eigenvalue weighted by Crippen LogP contribution is 2.13. The van der Waals surface area contributed by atoms with Gasteiger partial charge in [-0.3, -0.25) is 0 Å². The van der Waals surface area contributed by atoms with Crippen LogP contribution in [0, 0.1) is 0 Å². The van der Waals surface area contributed by atoms with E-state index < -0.39 is 0 Å². The lowest BCUT2D eigenvalue weighted by Crippen LogP contribution is -2.24. The minimum absolute atomic E-state index is 0.313. The second kappa shape index (κ2) is 7.54. The van der Waals surface area contributed by atoms with E-state index in [9.17, 15) is 0 Å². The fourth-order valence-corrected chi connectivity index (χ4v) is 1.77. The number of hydrogen-bond donors (Lipinski definition) is 2. The number of rotatable bonds is 7. The molecule has 0 saturated carbocycles. The van der Waals surface area contributed by atoms with Gasteiger partial charge >= 0.3 is 0 Å². The van der Waals surface area contributed by atoms with E-state index in [1.807, 2.05) is 18.2 Å². The normalized spacial score (nSPS) is 11.5. The number of unbranched alkanes of at least 4 members (excludes halogenated alkanes) is 1. The fraction of sp³-hybridized carbons (Fsp3) is 0.462. The fourth-order valence-electron chi connectivity index (χ4n) is 1.77. The van der Waals surface area contributed by atoms with E-state index in [1.165, 1.54) is 5.69 Å². The zero-order chi connectivity index (χ0) is 12.5. The van der Waals surface area contributed by atoms with Gasteiger partial charge in [0.25, 0.3) is 0 Å². The number of benzene rings is 1. The molecule has 1 aromatic carbocycles. The van der Waals surface area contributed by atoms with Crippen LogP contribution in [0.3, 0.4) is 0 Å². The van der Waals surface area contributed by atoms with E-state index in [0.717, 1.165) is 25.9 Å². The first-order valence-corrected chi connectivity index (χ1v) is 6.04. The average molecular weight is 235 g/mol.